The first-order chi connectivity index (χ1) is 7.30. The molecule has 86 valence electrons. The van der Waals surface area contributed by atoms with Gasteiger partial charge in [0.05, 0.1) is 0 Å². The molecule has 0 fully saturated rings. The number of aryl methyl sites for hydroxylation is 3. The number of benzene rings is 1. The quantitative estimate of drug-likeness (QED) is 0.799. The van der Waals surface area contributed by atoms with Gasteiger partial charge in [-0.2, -0.15) is 0 Å². The van der Waals surface area contributed by atoms with E-state index in [0.29, 0.717) is 11.1 Å². The Balaban J connectivity index is 3.01. The van der Waals surface area contributed by atoms with Crippen LogP contribution in [-0.4, -0.2) is 13.4 Å². The Labute approximate surface area is 98.8 Å². The average Bonchev–Trinajstić information content (AvgIpc) is 2.40. The summed E-state index contributed by atoms with van der Waals surface area (Å²) in [5, 5.41) is 0.671. The van der Waals surface area contributed by atoms with Crippen LogP contribution < -0.4 is 0 Å². The molecule has 0 aliphatic heterocycles. The van der Waals surface area contributed by atoms with E-state index >= 15 is 0 Å². The Morgan fingerprint density at radius 2 is 1.81 bits per heavy atom. The minimum Gasteiger partial charge on any atom is -0.357 e. The second-order valence-electron chi connectivity index (χ2n) is 4.02. The van der Waals surface area contributed by atoms with Crippen molar-refractivity contribution in [3.8, 4) is 0 Å². The number of hydrogen-bond acceptors (Lipinski definition) is 2. The van der Waals surface area contributed by atoms with E-state index in [9.17, 15) is 8.42 Å². The highest BCUT2D eigenvalue weighted by atomic mass is 35.7. The van der Waals surface area contributed by atoms with Gasteiger partial charge in [-0.25, -0.2) is 8.42 Å². The van der Waals surface area contributed by atoms with Crippen molar-refractivity contribution >= 4 is 30.6 Å². The fourth-order valence-electron chi connectivity index (χ4n) is 2.07. The van der Waals surface area contributed by atoms with Crippen LogP contribution in [-0.2, 0) is 9.05 Å². The number of rotatable bonds is 1. The maximum absolute atomic E-state index is 11.5. The summed E-state index contributed by atoms with van der Waals surface area (Å²) in [5.74, 6) is 0. The maximum Gasteiger partial charge on any atom is 0.263 e. The lowest BCUT2D eigenvalue weighted by Crippen LogP contribution is -1.91. The molecule has 0 saturated heterocycles. The first kappa shape index (κ1) is 11.5. The molecule has 0 atom stereocenters. The number of nitrogens with one attached hydrogen (secondary N) is 1. The van der Waals surface area contributed by atoms with Crippen molar-refractivity contribution in [1.82, 2.24) is 4.98 Å². The van der Waals surface area contributed by atoms with E-state index in [2.05, 4.69) is 4.98 Å². The lowest BCUT2D eigenvalue weighted by Gasteiger charge is -2.00. The standard InChI is InChI=1S/C11H12ClNO2S/c1-6-4-7(2)10-9(5-6)11(8(3)13-10)16(12,14)15/h4-5,13H,1-3H3. The van der Waals surface area contributed by atoms with Gasteiger partial charge in [-0.1, -0.05) is 11.6 Å². The third-order valence-electron chi connectivity index (χ3n) is 2.62. The summed E-state index contributed by atoms with van der Waals surface area (Å²) in [7, 11) is 1.73. The topological polar surface area (TPSA) is 49.9 Å². The minimum absolute atomic E-state index is 0.191. The average molecular weight is 258 g/mol. The molecule has 0 aliphatic carbocycles. The van der Waals surface area contributed by atoms with Crippen molar-refractivity contribution in [3.63, 3.8) is 0 Å². The van der Waals surface area contributed by atoms with Gasteiger partial charge in [-0.15, -0.1) is 0 Å². The molecule has 0 bridgehead atoms. The minimum atomic E-state index is -3.71. The highest BCUT2D eigenvalue weighted by Gasteiger charge is 2.20. The monoisotopic (exact) mass is 257 g/mol. The Hall–Kier alpha value is -1.00. The van der Waals surface area contributed by atoms with Crippen LogP contribution in [0.25, 0.3) is 10.9 Å². The zero-order chi connectivity index (χ0) is 12.1. The van der Waals surface area contributed by atoms with Gasteiger partial charge in [-0.05, 0) is 32.4 Å². The molecule has 1 N–H and O–H groups in total. The molecule has 0 aliphatic rings. The second-order valence-corrected chi connectivity index (χ2v) is 6.52. The van der Waals surface area contributed by atoms with Crippen LogP contribution in [0, 0.1) is 20.8 Å². The molecule has 16 heavy (non-hydrogen) atoms. The molecular weight excluding hydrogens is 246 g/mol. The van der Waals surface area contributed by atoms with Crippen molar-refractivity contribution in [1.29, 1.82) is 0 Å². The lowest BCUT2D eigenvalue weighted by atomic mass is 10.1. The van der Waals surface area contributed by atoms with Gasteiger partial charge in [0.2, 0.25) is 0 Å². The van der Waals surface area contributed by atoms with Crippen LogP contribution in [0.4, 0.5) is 0 Å². The normalized spacial score (nSPS) is 12.2. The molecule has 0 saturated carbocycles. The number of aromatic amines is 1. The largest absolute Gasteiger partial charge is 0.357 e. The van der Waals surface area contributed by atoms with Gasteiger partial charge in [0.25, 0.3) is 9.05 Å². The molecule has 0 unspecified atom stereocenters. The van der Waals surface area contributed by atoms with Crippen molar-refractivity contribution in [2.24, 2.45) is 0 Å². The van der Waals surface area contributed by atoms with Crippen molar-refractivity contribution in [2.45, 2.75) is 25.7 Å². The van der Waals surface area contributed by atoms with E-state index in [0.717, 1.165) is 16.6 Å². The fraction of sp³-hybridized carbons (Fsp3) is 0.273. The van der Waals surface area contributed by atoms with Crippen LogP contribution >= 0.6 is 10.7 Å². The van der Waals surface area contributed by atoms with Gasteiger partial charge < -0.3 is 4.98 Å². The molecule has 1 aromatic carbocycles. The number of halogens is 1. The molecule has 0 radical (unpaired) electrons. The molecule has 0 amide bonds. The Morgan fingerprint density at radius 1 is 1.19 bits per heavy atom. The van der Waals surface area contributed by atoms with E-state index in [1.165, 1.54) is 0 Å². The maximum atomic E-state index is 11.5. The van der Waals surface area contributed by atoms with Crippen LogP contribution in [0.2, 0.25) is 0 Å². The van der Waals surface area contributed by atoms with E-state index < -0.39 is 9.05 Å². The molecule has 1 aromatic heterocycles. The van der Waals surface area contributed by atoms with Gasteiger partial charge in [-0.3, -0.25) is 0 Å². The predicted octanol–water partition coefficient (Wildman–Crippen LogP) is 3.02. The van der Waals surface area contributed by atoms with E-state index in [1.54, 1.807) is 6.92 Å². The van der Waals surface area contributed by atoms with Gasteiger partial charge >= 0.3 is 0 Å². The SMILES string of the molecule is Cc1cc(C)c2[nH]c(C)c(S(=O)(=O)Cl)c2c1. The summed E-state index contributed by atoms with van der Waals surface area (Å²) in [4.78, 5) is 3.26. The summed E-state index contributed by atoms with van der Waals surface area (Å²) in [6, 6.07) is 3.84. The number of aromatic nitrogens is 1. The third kappa shape index (κ3) is 1.72. The van der Waals surface area contributed by atoms with Crippen LogP contribution in [0.5, 0.6) is 0 Å². The molecular formula is C11H12ClNO2S. The van der Waals surface area contributed by atoms with Crippen LogP contribution in [0.1, 0.15) is 16.8 Å². The molecule has 5 heteroatoms. The second kappa shape index (κ2) is 3.50. The van der Waals surface area contributed by atoms with Gasteiger partial charge in [0.1, 0.15) is 4.90 Å². The van der Waals surface area contributed by atoms with E-state index in [-0.39, 0.29) is 4.90 Å². The Kier molecular flexibility index (Phi) is 2.51. The van der Waals surface area contributed by atoms with Crippen molar-refractivity contribution in [2.75, 3.05) is 0 Å². The first-order valence-electron chi connectivity index (χ1n) is 4.85. The lowest BCUT2D eigenvalue weighted by molar-refractivity contribution is 0.610. The highest BCUT2D eigenvalue weighted by Crippen LogP contribution is 2.31. The van der Waals surface area contributed by atoms with Crippen LogP contribution in [0.3, 0.4) is 0 Å². The summed E-state index contributed by atoms with van der Waals surface area (Å²) in [5.41, 5.74) is 3.45. The van der Waals surface area contributed by atoms with Crippen LogP contribution in [0.15, 0.2) is 17.0 Å². The van der Waals surface area contributed by atoms with Gasteiger partial charge in [0, 0.05) is 27.3 Å². The summed E-state index contributed by atoms with van der Waals surface area (Å²) < 4.78 is 23.0. The van der Waals surface area contributed by atoms with Gasteiger partial charge in [0.15, 0.2) is 0 Å². The molecule has 0 spiro atoms. The smallest absolute Gasteiger partial charge is 0.263 e. The van der Waals surface area contributed by atoms with Crippen molar-refractivity contribution < 1.29 is 8.42 Å². The van der Waals surface area contributed by atoms with E-state index in [1.807, 2.05) is 26.0 Å². The molecule has 1 heterocycles. The summed E-state index contributed by atoms with van der Waals surface area (Å²) >= 11 is 0. The Morgan fingerprint density at radius 3 is 2.38 bits per heavy atom. The predicted molar refractivity (Wildman–Crippen MR) is 65.5 cm³/mol. The highest BCUT2D eigenvalue weighted by molar-refractivity contribution is 8.14. The molecule has 3 nitrogen and oxygen atoms in total. The number of hydrogen-bond donors (Lipinski definition) is 1. The number of H-pyrrole nitrogens is 1. The fourth-order valence-corrected chi connectivity index (χ4v) is 3.51. The summed E-state index contributed by atoms with van der Waals surface area (Å²) in [6.45, 7) is 5.58. The first-order valence-corrected chi connectivity index (χ1v) is 7.16. The van der Waals surface area contributed by atoms with E-state index in [4.69, 9.17) is 10.7 Å². The third-order valence-corrected chi connectivity index (χ3v) is 4.10. The molecule has 2 rings (SSSR count). The summed E-state index contributed by atoms with van der Waals surface area (Å²) in [6.07, 6.45) is 0. The molecule has 2 aromatic rings. The zero-order valence-electron chi connectivity index (χ0n) is 9.26. The van der Waals surface area contributed by atoms with Crippen molar-refractivity contribution in [3.05, 3.63) is 29.0 Å². The number of fused-ring (bicyclic) bond motifs is 1. The zero-order valence-corrected chi connectivity index (χ0v) is 10.8. The Bertz CT molecular complexity index is 671.